The van der Waals surface area contributed by atoms with Crippen LogP contribution >= 0.6 is 0 Å². The fourth-order valence-corrected chi connectivity index (χ4v) is 3.50. The van der Waals surface area contributed by atoms with E-state index in [9.17, 15) is 0 Å². The van der Waals surface area contributed by atoms with Gasteiger partial charge in [-0.05, 0) is 30.5 Å². The number of fused-ring (bicyclic) bond motifs is 1. The standard InChI is InChI=1S/C24H40O4/c1-2-3-4-5-6-7-8-9-10-11-12-22-13-14-23-24(21-22)28-20-18-26-16-15-25-17-19-27-23/h13-14,21H,2-12,15-20H2,1H3. The van der Waals surface area contributed by atoms with Crippen molar-refractivity contribution in [1.82, 2.24) is 0 Å². The average Bonchev–Trinajstić information content (AvgIpc) is 2.70. The summed E-state index contributed by atoms with van der Waals surface area (Å²) in [4.78, 5) is 0. The average molecular weight is 393 g/mol. The van der Waals surface area contributed by atoms with Crippen LogP contribution in [0.2, 0.25) is 0 Å². The normalized spacial score (nSPS) is 15.6. The molecule has 28 heavy (non-hydrogen) atoms. The van der Waals surface area contributed by atoms with Gasteiger partial charge in [-0.1, -0.05) is 70.8 Å². The summed E-state index contributed by atoms with van der Waals surface area (Å²) < 4.78 is 22.7. The highest BCUT2D eigenvalue weighted by Crippen LogP contribution is 2.29. The smallest absolute Gasteiger partial charge is 0.161 e. The van der Waals surface area contributed by atoms with Crippen LogP contribution in [-0.2, 0) is 15.9 Å². The predicted octanol–water partition coefficient (Wildman–Crippen LogP) is 5.95. The molecule has 0 saturated carbocycles. The number of ether oxygens (including phenoxy) is 4. The first kappa shape index (κ1) is 23.0. The lowest BCUT2D eigenvalue weighted by atomic mass is 10.0. The molecule has 0 atom stereocenters. The number of unbranched alkanes of at least 4 members (excludes halogenated alkanes) is 9. The summed E-state index contributed by atoms with van der Waals surface area (Å²) in [6.45, 7) is 5.71. The van der Waals surface area contributed by atoms with Gasteiger partial charge in [0.25, 0.3) is 0 Å². The van der Waals surface area contributed by atoms with E-state index >= 15 is 0 Å². The lowest BCUT2D eigenvalue weighted by molar-refractivity contribution is 0.0223. The maximum atomic E-state index is 5.91. The van der Waals surface area contributed by atoms with Gasteiger partial charge in [0.2, 0.25) is 0 Å². The Hall–Kier alpha value is -1.26. The maximum Gasteiger partial charge on any atom is 0.161 e. The van der Waals surface area contributed by atoms with Crippen LogP contribution in [-0.4, -0.2) is 39.6 Å². The summed E-state index contributed by atoms with van der Waals surface area (Å²) in [7, 11) is 0. The highest BCUT2D eigenvalue weighted by atomic mass is 16.6. The van der Waals surface area contributed by atoms with Gasteiger partial charge in [0, 0.05) is 0 Å². The third-order valence-corrected chi connectivity index (χ3v) is 5.17. The lowest BCUT2D eigenvalue weighted by Crippen LogP contribution is -2.15. The molecule has 2 rings (SSSR count). The Morgan fingerprint density at radius 2 is 1.14 bits per heavy atom. The maximum absolute atomic E-state index is 5.91. The highest BCUT2D eigenvalue weighted by Gasteiger charge is 2.08. The molecule has 0 fully saturated rings. The molecule has 0 spiro atoms. The zero-order valence-electron chi connectivity index (χ0n) is 17.9. The molecule has 1 aromatic rings. The van der Waals surface area contributed by atoms with Gasteiger partial charge in [0.05, 0.1) is 26.4 Å². The first-order valence-electron chi connectivity index (χ1n) is 11.4. The minimum absolute atomic E-state index is 0.536. The van der Waals surface area contributed by atoms with E-state index in [4.69, 9.17) is 18.9 Å². The SMILES string of the molecule is CCCCCCCCCCCCc1ccc2c(c1)OCCOCCOCCO2. The summed E-state index contributed by atoms with van der Waals surface area (Å²) in [5.41, 5.74) is 1.33. The van der Waals surface area contributed by atoms with Gasteiger partial charge in [-0.25, -0.2) is 0 Å². The molecule has 1 aliphatic rings. The van der Waals surface area contributed by atoms with Crippen molar-refractivity contribution in [3.05, 3.63) is 23.8 Å². The molecule has 160 valence electrons. The van der Waals surface area contributed by atoms with Crippen LogP contribution in [0.5, 0.6) is 11.5 Å². The zero-order valence-corrected chi connectivity index (χ0v) is 17.9. The summed E-state index contributed by atoms with van der Waals surface area (Å²) in [5, 5.41) is 0. The molecule has 1 aromatic carbocycles. The Labute approximate surface area is 171 Å². The molecule has 0 unspecified atom stereocenters. The van der Waals surface area contributed by atoms with Crippen molar-refractivity contribution in [3.8, 4) is 11.5 Å². The van der Waals surface area contributed by atoms with Crippen LogP contribution in [0, 0.1) is 0 Å². The van der Waals surface area contributed by atoms with Gasteiger partial charge in [0.1, 0.15) is 13.2 Å². The lowest BCUT2D eigenvalue weighted by Gasteiger charge is -2.16. The minimum Gasteiger partial charge on any atom is -0.487 e. The molecule has 0 radical (unpaired) electrons. The summed E-state index contributed by atoms with van der Waals surface area (Å²) >= 11 is 0. The minimum atomic E-state index is 0.536. The van der Waals surface area contributed by atoms with Gasteiger partial charge < -0.3 is 18.9 Å². The van der Waals surface area contributed by atoms with E-state index in [1.807, 2.05) is 6.07 Å². The molecule has 0 saturated heterocycles. The molecule has 4 heteroatoms. The second kappa shape index (κ2) is 15.6. The molecule has 0 amide bonds. The van der Waals surface area contributed by atoms with Crippen LogP contribution < -0.4 is 9.47 Å². The van der Waals surface area contributed by atoms with E-state index in [-0.39, 0.29) is 0 Å². The molecule has 0 aliphatic carbocycles. The number of aryl methyl sites for hydroxylation is 1. The first-order valence-corrected chi connectivity index (χ1v) is 11.4. The molecule has 4 nitrogen and oxygen atoms in total. The van der Waals surface area contributed by atoms with Gasteiger partial charge in [0.15, 0.2) is 11.5 Å². The van der Waals surface area contributed by atoms with Gasteiger partial charge in [-0.2, -0.15) is 0 Å². The largest absolute Gasteiger partial charge is 0.487 e. The van der Waals surface area contributed by atoms with Crippen LogP contribution in [0.15, 0.2) is 18.2 Å². The molecule has 0 N–H and O–H groups in total. The quantitative estimate of drug-likeness (QED) is 0.436. The Balaban J connectivity index is 1.66. The molecule has 0 aromatic heterocycles. The van der Waals surface area contributed by atoms with Crippen molar-refractivity contribution < 1.29 is 18.9 Å². The van der Waals surface area contributed by atoms with Crippen molar-refractivity contribution in [2.45, 2.75) is 77.6 Å². The Morgan fingerprint density at radius 1 is 0.607 bits per heavy atom. The van der Waals surface area contributed by atoms with E-state index < -0.39 is 0 Å². The summed E-state index contributed by atoms with van der Waals surface area (Å²) in [6.07, 6.45) is 14.8. The predicted molar refractivity (Wildman–Crippen MR) is 115 cm³/mol. The second-order valence-electron chi connectivity index (χ2n) is 7.63. The monoisotopic (exact) mass is 392 g/mol. The number of benzene rings is 1. The summed E-state index contributed by atoms with van der Waals surface area (Å²) in [6, 6.07) is 6.34. The topological polar surface area (TPSA) is 36.9 Å². The number of hydrogen-bond acceptors (Lipinski definition) is 4. The van der Waals surface area contributed by atoms with E-state index in [1.54, 1.807) is 0 Å². The second-order valence-corrected chi connectivity index (χ2v) is 7.63. The third-order valence-electron chi connectivity index (χ3n) is 5.17. The van der Waals surface area contributed by atoms with Crippen LogP contribution in [0.1, 0.15) is 76.7 Å². The van der Waals surface area contributed by atoms with E-state index in [1.165, 1.54) is 69.8 Å². The van der Waals surface area contributed by atoms with Crippen molar-refractivity contribution in [3.63, 3.8) is 0 Å². The molecular formula is C24H40O4. The van der Waals surface area contributed by atoms with Gasteiger partial charge in [-0.3, -0.25) is 0 Å². The van der Waals surface area contributed by atoms with Crippen LogP contribution in [0.25, 0.3) is 0 Å². The van der Waals surface area contributed by atoms with Gasteiger partial charge in [-0.15, -0.1) is 0 Å². The molecule has 1 heterocycles. The van der Waals surface area contributed by atoms with Crippen LogP contribution in [0.3, 0.4) is 0 Å². The van der Waals surface area contributed by atoms with Crippen molar-refractivity contribution in [2.75, 3.05) is 39.6 Å². The number of rotatable bonds is 11. The molecule has 0 bridgehead atoms. The van der Waals surface area contributed by atoms with Crippen molar-refractivity contribution >= 4 is 0 Å². The zero-order chi connectivity index (χ0) is 19.7. The van der Waals surface area contributed by atoms with E-state index in [2.05, 4.69) is 19.1 Å². The Bertz CT molecular complexity index is 503. The first-order chi connectivity index (χ1) is 13.9. The Kier molecular flexibility index (Phi) is 12.9. The fraction of sp³-hybridized carbons (Fsp3) is 0.750. The Morgan fingerprint density at radius 3 is 1.79 bits per heavy atom. The highest BCUT2D eigenvalue weighted by molar-refractivity contribution is 5.43. The number of hydrogen-bond donors (Lipinski definition) is 0. The van der Waals surface area contributed by atoms with Gasteiger partial charge >= 0.3 is 0 Å². The fourth-order valence-electron chi connectivity index (χ4n) is 3.50. The van der Waals surface area contributed by atoms with E-state index in [0.29, 0.717) is 39.6 Å². The molecular weight excluding hydrogens is 352 g/mol. The molecule has 1 aliphatic heterocycles. The van der Waals surface area contributed by atoms with E-state index in [0.717, 1.165) is 17.9 Å². The van der Waals surface area contributed by atoms with Crippen LogP contribution in [0.4, 0.5) is 0 Å². The summed E-state index contributed by atoms with van der Waals surface area (Å²) in [5.74, 6) is 1.63. The third kappa shape index (κ3) is 10.3. The van der Waals surface area contributed by atoms with Crippen molar-refractivity contribution in [1.29, 1.82) is 0 Å². The van der Waals surface area contributed by atoms with Crippen molar-refractivity contribution in [2.24, 2.45) is 0 Å².